The van der Waals surface area contributed by atoms with Gasteiger partial charge in [0.15, 0.2) is 0 Å². The van der Waals surface area contributed by atoms with Crippen molar-refractivity contribution in [2.75, 3.05) is 25.5 Å². The van der Waals surface area contributed by atoms with E-state index in [1.54, 1.807) is 0 Å². The normalized spacial score (nSPS) is 12.0. The summed E-state index contributed by atoms with van der Waals surface area (Å²) in [6.45, 7) is 7.29. The van der Waals surface area contributed by atoms with E-state index in [4.69, 9.17) is 4.74 Å². The van der Waals surface area contributed by atoms with Crippen LogP contribution in [-0.4, -0.2) is 26.1 Å². The fraction of sp³-hybridized carbons (Fsp3) is 0.533. The van der Waals surface area contributed by atoms with Crippen LogP contribution in [0.15, 0.2) is 18.2 Å². The molecule has 2 N–H and O–H groups in total. The first kappa shape index (κ1) is 15.5. The van der Waals surface area contributed by atoms with E-state index in [9.17, 15) is 4.79 Å². The van der Waals surface area contributed by atoms with Crippen LogP contribution in [0.4, 0.5) is 5.69 Å². The molecule has 1 aromatic carbocycles. The third-order valence-electron chi connectivity index (χ3n) is 3.06. The van der Waals surface area contributed by atoms with Crippen LogP contribution >= 0.6 is 0 Å². The summed E-state index contributed by atoms with van der Waals surface area (Å²) in [5, 5.41) is 6.00. The molecule has 1 unspecified atom stereocenters. The summed E-state index contributed by atoms with van der Waals surface area (Å²) < 4.78 is 5.48. The van der Waals surface area contributed by atoms with Crippen LogP contribution in [0.5, 0.6) is 5.75 Å². The Morgan fingerprint density at radius 1 is 1.37 bits per heavy atom. The van der Waals surface area contributed by atoms with E-state index >= 15 is 0 Å². The Morgan fingerprint density at radius 2 is 2.11 bits per heavy atom. The second-order valence-electron chi connectivity index (χ2n) is 4.57. The zero-order valence-corrected chi connectivity index (χ0v) is 12.2. The number of hydrogen-bond donors (Lipinski definition) is 2. The van der Waals surface area contributed by atoms with Crippen LogP contribution in [0.1, 0.15) is 25.8 Å². The molecule has 0 saturated heterocycles. The zero-order chi connectivity index (χ0) is 14.3. The van der Waals surface area contributed by atoms with Crippen LogP contribution in [-0.2, 0) is 4.79 Å². The zero-order valence-electron chi connectivity index (χ0n) is 12.2. The fourth-order valence-electron chi connectivity index (χ4n) is 1.96. The number of benzene rings is 1. The van der Waals surface area contributed by atoms with Gasteiger partial charge in [0.2, 0.25) is 5.91 Å². The monoisotopic (exact) mass is 264 g/mol. The maximum Gasteiger partial charge on any atom is 0.228 e. The Balaban J connectivity index is 2.71. The Labute approximate surface area is 115 Å². The summed E-state index contributed by atoms with van der Waals surface area (Å²) >= 11 is 0. The molecule has 4 heteroatoms. The van der Waals surface area contributed by atoms with Gasteiger partial charge in [-0.3, -0.25) is 4.79 Å². The van der Waals surface area contributed by atoms with Crippen molar-refractivity contribution in [1.82, 2.24) is 5.32 Å². The molecule has 1 amide bonds. The summed E-state index contributed by atoms with van der Waals surface area (Å²) in [4.78, 5) is 12.1. The highest BCUT2D eigenvalue weighted by molar-refractivity contribution is 5.92. The first-order chi connectivity index (χ1) is 9.12. The second kappa shape index (κ2) is 7.79. The van der Waals surface area contributed by atoms with Crippen molar-refractivity contribution >= 4 is 11.6 Å². The highest BCUT2D eigenvalue weighted by Crippen LogP contribution is 2.22. The Morgan fingerprint density at radius 3 is 2.63 bits per heavy atom. The number of amides is 1. The SMILES string of the molecule is CCOc1ccc(NC(=O)C(CC)CNC)cc1C. The predicted molar refractivity (Wildman–Crippen MR) is 78.7 cm³/mol. The molecule has 0 aliphatic carbocycles. The van der Waals surface area contributed by atoms with Gasteiger partial charge in [-0.05, 0) is 51.1 Å². The van der Waals surface area contributed by atoms with Crippen molar-refractivity contribution in [2.45, 2.75) is 27.2 Å². The number of anilines is 1. The number of hydrogen-bond acceptors (Lipinski definition) is 3. The molecule has 0 fully saturated rings. The van der Waals surface area contributed by atoms with Crippen LogP contribution in [0.3, 0.4) is 0 Å². The number of aryl methyl sites for hydroxylation is 1. The van der Waals surface area contributed by atoms with E-state index in [1.165, 1.54) is 0 Å². The van der Waals surface area contributed by atoms with Crippen molar-refractivity contribution < 1.29 is 9.53 Å². The van der Waals surface area contributed by atoms with Crippen LogP contribution in [0.25, 0.3) is 0 Å². The van der Waals surface area contributed by atoms with Crippen molar-refractivity contribution in [3.8, 4) is 5.75 Å². The summed E-state index contributed by atoms with van der Waals surface area (Å²) in [6, 6.07) is 5.71. The lowest BCUT2D eigenvalue weighted by Crippen LogP contribution is -2.30. The molecule has 0 radical (unpaired) electrons. The molecule has 0 aliphatic heterocycles. The minimum atomic E-state index is -0.00289. The van der Waals surface area contributed by atoms with Gasteiger partial charge < -0.3 is 15.4 Å². The number of rotatable bonds is 7. The third-order valence-corrected chi connectivity index (χ3v) is 3.06. The predicted octanol–water partition coefficient (Wildman–Crippen LogP) is 2.58. The van der Waals surface area contributed by atoms with Crippen molar-refractivity contribution in [3.63, 3.8) is 0 Å². The summed E-state index contributed by atoms with van der Waals surface area (Å²) in [6.07, 6.45) is 0.822. The molecule has 0 saturated carbocycles. The fourth-order valence-corrected chi connectivity index (χ4v) is 1.96. The minimum Gasteiger partial charge on any atom is -0.494 e. The summed E-state index contributed by atoms with van der Waals surface area (Å²) in [5.41, 5.74) is 1.85. The van der Waals surface area contributed by atoms with Gasteiger partial charge >= 0.3 is 0 Å². The molecule has 1 atom stereocenters. The first-order valence-electron chi connectivity index (χ1n) is 6.81. The third kappa shape index (κ3) is 4.56. The smallest absolute Gasteiger partial charge is 0.228 e. The topological polar surface area (TPSA) is 50.4 Å². The Kier molecular flexibility index (Phi) is 6.36. The van der Waals surface area contributed by atoms with Gasteiger partial charge in [-0.1, -0.05) is 6.92 Å². The van der Waals surface area contributed by atoms with Crippen molar-refractivity contribution in [1.29, 1.82) is 0 Å². The maximum atomic E-state index is 12.1. The molecule has 0 aliphatic rings. The standard InChI is InChI=1S/C15H24N2O2/c1-5-12(10-16-4)15(18)17-13-7-8-14(19-6-2)11(3)9-13/h7-9,12,16H,5-6,10H2,1-4H3,(H,17,18). The van der Waals surface area contributed by atoms with Gasteiger partial charge in [-0.15, -0.1) is 0 Å². The van der Waals surface area contributed by atoms with Crippen LogP contribution in [0.2, 0.25) is 0 Å². The van der Waals surface area contributed by atoms with E-state index in [1.807, 2.05) is 46.0 Å². The number of carbonyl (C=O) groups excluding carboxylic acids is 1. The highest BCUT2D eigenvalue weighted by Gasteiger charge is 2.15. The summed E-state index contributed by atoms with van der Waals surface area (Å²) in [5.74, 6) is 0.917. The first-order valence-corrected chi connectivity index (χ1v) is 6.81. The number of carbonyl (C=O) groups is 1. The van der Waals surface area contributed by atoms with Crippen molar-refractivity contribution in [3.05, 3.63) is 23.8 Å². The molecule has 106 valence electrons. The van der Waals surface area contributed by atoms with Crippen LogP contribution < -0.4 is 15.4 Å². The Bertz CT molecular complexity index is 419. The quantitative estimate of drug-likeness (QED) is 0.796. The molecular formula is C15H24N2O2. The lowest BCUT2D eigenvalue weighted by atomic mass is 10.1. The molecule has 1 rings (SSSR count). The molecule has 0 bridgehead atoms. The molecule has 0 heterocycles. The lowest BCUT2D eigenvalue weighted by molar-refractivity contribution is -0.119. The van der Waals surface area contributed by atoms with E-state index in [-0.39, 0.29) is 11.8 Å². The van der Waals surface area contributed by atoms with Crippen LogP contribution in [0, 0.1) is 12.8 Å². The molecular weight excluding hydrogens is 240 g/mol. The van der Waals surface area contributed by atoms with Gasteiger partial charge in [-0.25, -0.2) is 0 Å². The molecule has 0 aromatic heterocycles. The number of ether oxygens (including phenoxy) is 1. The van der Waals surface area contributed by atoms with E-state index in [0.717, 1.165) is 23.4 Å². The van der Waals surface area contributed by atoms with E-state index in [2.05, 4.69) is 10.6 Å². The largest absolute Gasteiger partial charge is 0.494 e. The van der Waals surface area contributed by atoms with Gasteiger partial charge in [-0.2, -0.15) is 0 Å². The summed E-state index contributed by atoms with van der Waals surface area (Å²) in [7, 11) is 1.86. The second-order valence-corrected chi connectivity index (χ2v) is 4.57. The van der Waals surface area contributed by atoms with E-state index in [0.29, 0.717) is 13.2 Å². The molecule has 4 nitrogen and oxygen atoms in total. The highest BCUT2D eigenvalue weighted by atomic mass is 16.5. The van der Waals surface area contributed by atoms with Gasteiger partial charge in [0.05, 0.1) is 12.5 Å². The van der Waals surface area contributed by atoms with Crippen molar-refractivity contribution in [2.24, 2.45) is 5.92 Å². The average Bonchev–Trinajstić information content (AvgIpc) is 2.39. The van der Waals surface area contributed by atoms with Gasteiger partial charge in [0.25, 0.3) is 0 Å². The van der Waals surface area contributed by atoms with Gasteiger partial charge in [0, 0.05) is 12.2 Å². The number of nitrogens with one attached hydrogen (secondary N) is 2. The Hall–Kier alpha value is -1.55. The minimum absolute atomic E-state index is 0.00289. The molecule has 19 heavy (non-hydrogen) atoms. The maximum absolute atomic E-state index is 12.1. The molecule has 0 spiro atoms. The van der Waals surface area contributed by atoms with Gasteiger partial charge in [0.1, 0.15) is 5.75 Å². The average molecular weight is 264 g/mol. The lowest BCUT2D eigenvalue weighted by Gasteiger charge is -2.15. The van der Waals surface area contributed by atoms with E-state index < -0.39 is 0 Å². The molecule has 1 aromatic rings.